The van der Waals surface area contributed by atoms with Gasteiger partial charge < -0.3 is 15.8 Å². The first-order chi connectivity index (χ1) is 12.2. The summed E-state index contributed by atoms with van der Waals surface area (Å²) in [5.41, 5.74) is 12.8. The Morgan fingerprint density at radius 2 is 1.56 bits per heavy atom. The van der Waals surface area contributed by atoms with Gasteiger partial charge in [-0.25, -0.2) is 0 Å². The van der Waals surface area contributed by atoms with Gasteiger partial charge in [-0.05, 0) is 54.9 Å². The van der Waals surface area contributed by atoms with Gasteiger partial charge in [-0.1, -0.05) is 24.3 Å². The number of diazo groups is 1. The van der Waals surface area contributed by atoms with Crippen LogP contribution in [-0.4, -0.2) is 15.6 Å². The van der Waals surface area contributed by atoms with E-state index in [1.807, 2.05) is 30.3 Å². The van der Waals surface area contributed by atoms with Crippen LogP contribution < -0.4 is 0 Å². The van der Waals surface area contributed by atoms with Crippen LogP contribution in [0.4, 0.5) is 0 Å². The topological polar surface area (TPSA) is 90.9 Å². The zero-order valence-corrected chi connectivity index (χ0v) is 13.1. The summed E-state index contributed by atoms with van der Waals surface area (Å²) in [5, 5.41) is 21.3. The van der Waals surface area contributed by atoms with Gasteiger partial charge in [0.25, 0.3) is 0 Å². The average molecular weight is 327 g/mol. The van der Waals surface area contributed by atoms with Crippen molar-refractivity contribution in [2.75, 3.05) is 0 Å². The fourth-order valence-corrected chi connectivity index (χ4v) is 2.54. The maximum absolute atomic E-state index is 11.2. The normalized spacial score (nSPS) is 12.5. The van der Waals surface area contributed by atoms with Crippen molar-refractivity contribution in [3.05, 3.63) is 117 Å². The van der Waals surface area contributed by atoms with E-state index < -0.39 is 0 Å². The van der Waals surface area contributed by atoms with E-state index in [2.05, 4.69) is 9.77 Å². The van der Waals surface area contributed by atoms with E-state index in [9.17, 15) is 16.1 Å². The highest BCUT2D eigenvalue weighted by Crippen LogP contribution is 2.25. The highest BCUT2D eigenvalue weighted by molar-refractivity contribution is 6.09. The summed E-state index contributed by atoms with van der Waals surface area (Å²) in [6, 6.07) is 16.4. The van der Waals surface area contributed by atoms with Crippen molar-refractivity contribution in [1.82, 2.24) is 5.06 Å². The molecule has 0 atom stereocenters. The Morgan fingerprint density at radius 3 is 2.20 bits per heavy atom. The Morgan fingerprint density at radius 1 is 0.920 bits per heavy atom. The average Bonchev–Trinajstić information content (AvgIpc) is 2.66. The first kappa shape index (κ1) is 16.1. The van der Waals surface area contributed by atoms with Crippen LogP contribution in [-0.2, 0) is 0 Å². The van der Waals surface area contributed by atoms with Gasteiger partial charge in [0, 0.05) is 0 Å². The summed E-state index contributed by atoms with van der Waals surface area (Å²) in [6.45, 7) is 0. The monoisotopic (exact) mass is 327 g/mol. The summed E-state index contributed by atoms with van der Waals surface area (Å²) in [6.07, 6.45) is 5.78. The van der Waals surface area contributed by atoms with Gasteiger partial charge in [0.05, 0.1) is 22.3 Å². The Hall–Kier alpha value is -3.78. The van der Waals surface area contributed by atoms with Gasteiger partial charge in [0.1, 0.15) is 0 Å². The SMILES string of the molecule is N#[N+]C(=C1C=CN([O-])C=C1)c1cccc(C(=[N+]=[N-])c2ccccc2)c1. The minimum absolute atomic E-state index is 0.313. The molecule has 1 heterocycles. The molecule has 6 heteroatoms. The largest absolute Gasteiger partial charge is 0.755 e. The summed E-state index contributed by atoms with van der Waals surface area (Å²) in [7, 11) is 0. The van der Waals surface area contributed by atoms with Gasteiger partial charge in [0.2, 0.25) is 5.39 Å². The highest BCUT2D eigenvalue weighted by atomic mass is 16.5. The molecule has 2 aromatic carbocycles. The quantitative estimate of drug-likeness (QED) is 0.367. The zero-order chi connectivity index (χ0) is 17.6. The van der Waals surface area contributed by atoms with Crippen molar-refractivity contribution in [3.8, 4) is 0 Å². The first-order valence-electron chi connectivity index (χ1n) is 7.52. The standard InChI is InChI=1S/C19H13N5O/c20-22-18(14-5-2-1-3-6-14)16-7-4-8-17(13-16)19(23-21)15-9-11-24(25)12-10-15/h1-13H. The number of hydrogen-bond donors (Lipinski definition) is 0. The van der Waals surface area contributed by atoms with Crippen LogP contribution in [0.25, 0.3) is 16.2 Å². The molecule has 0 fully saturated rings. The molecule has 0 radical (unpaired) electrons. The van der Waals surface area contributed by atoms with Crippen LogP contribution in [0.5, 0.6) is 0 Å². The molecule has 0 unspecified atom stereocenters. The smallest absolute Gasteiger partial charge is 0.399 e. The third-order valence-corrected chi connectivity index (χ3v) is 3.73. The molecular weight excluding hydrogens is 314 g/mol. The molecule has 0 bridgehead atoms. The van der Waals surface area contributed by atoms with E-state index in [0.717, 1.165) is 5.56 Å². The molecule has 1 aliphatic rings. The molecule has 0 aliphatic carbocycles. The number of rotatable bonds is 3. The van der Waals surface area contributed by atoms with E-state index >= 15 is 0 Å². The fraction of sp³-hybridized carbons (Fsp3) is 0. The Bertz CT molecular complexity index is 960. The van der Waals surface area contributed by atoms with Crippen molar-refractivity contribution in [2.45, 2.75) is 0 Å². The van der Waals surface area contributed by atoms with Gasteiger partial charge in [-0.2, -0.15) is 4.79 Å². The second kappa shape index (κ2) is 7.20. The second-order valence-electron chi connectivity index (χ2n) is 5.29. The molecule has 0 saturated carbocycles. The summed E-state index contributed by atoms with van der Waals surface area (Å²) in [4.78, 5) is 6.77. The summed E-state index contributed by atoms with van der Waals surface area (Å²) >= 11 is 0. The zero-order valence-electron chi connectivity index (χ0n) is 13.1. The number of allylic oxidation sites excluding steroid dienone is 3. The molecule has 0 amide bonds. The van der Waals surface area contributed by atoms with Crippen LogP contribution in [0.2, 0.25) is 0 Å². The Balaban J connectivity index is 2.07. The van der Waals surface area contributed by atoms with Crippen LogP contribution in [0.15, 0.2) is 84.7 Å². The second-order valence-corrected chi connectivity index (χ2v) is 5.29. The van der Waals surface area contributed by atoms with Gasteiger partial charge in [-0.3, -0.25) is 0 Å². The van der Waals surface area contributed by atoms with Crippen molar-refractivity contribution >= 4 is 11.4 Å². The minimum atomic E-state index is 0.313. The molecule has 2 aromatic rings. The van der Waals surface area contributed by atoms with Gasteiger partial charge in [0.15, 0.2) is 4.98 Å². The lowest BCUT2D eigenvalue weighted by atomic mass is 9.98. The summed E-state index contributed by atoms with van der Waals surface area (Å²) < 4.78 is 0. The van der Waals surface area contributed by atoms with Gasteiger partial charge >= 0.3 is 11.4 Å². The lowest BCUT2D eigenvalue weighted by Crippen LogP contribution is -2.05. The number of benzene rings is 2. The van der Waals surface area contributed by atoms with E-state index in [1.54, 1.807) is 36.4 Å². The third-order valence-electron chi connectivity index (χ3n) is 3.73. The molecule has 120 valence electrons. The van der Waals surface area contributed by atoms with Crippen molar-refractivity contribution in [2.24, 2.45) is 0 Å². The molecule has 0 saturated heterocycles. The Kier molecular flexibility index (Phi) is 4.63. The number of nitrogens with zero attached hydrogens (tertiary/aromatic N) is 5. The van der Waals surface area contributed by atoms with Crippen LogP contribution in [0, 0.1) is 10.6 Å². The lowest BCUT2D eigenvalue weighted by molar-refractivity contribution is -0.00279. The summed E-state index contributed by atoms with van der Waals surface area (Å²) in [5.74, 6) is 0. The predicted molar refractivity (Wildman–Crippen MR) is 95.2 cm³/mol. The van der Waals surface area contributed by atoms with E-state index in [0.29, 0.717) is 33.2 Å². The van der Waals surface area contributed by atoms with Crippen molar-refractivity contribution in [1.29, 1.82) is 5.39 Å². The fourth-order valence-electron chi connectivity index (χ4n) is 2.54. The van der Waals surface area contributed by atoms with Crippen LogP contribution in [0.3, 0.4) is 0 Å². The molecular formula is C19H13N5O. The molecule has 0 N–H and O–H groups in total. The Labute approximate surface area is 144 Å². The van der Waals surface area contributed by atoms with Crippen molar-refractivity contribution < 1.29 is 4.79 Å². The third kappa shape index (κ3) is 3.43. The molecule has 3 rings (SSSR count). The molecule has 6 nitrogen and oxygen atoms in total. The maximum Gasteiger partial charge on any atom is 0.399 e. The van der Waals surface area contributed by atoms with Crippen LogP contribution >= 0.6 is 0 Å². The number of hydroxylamine groups is 2. The van der Waals surface area contributed by atoms with E-state index in [4.69, 9.17) is 0 Å². The predicted octanol–water partition coefficient (Wildman–Crippen LogP) is 4.16. The molecule has 0 aromatic heterocycles. The highest BCUT2D eigenvalue weighted by Gasteiger charge is 2.23. The minimum Gasteiger partial charge on any atom is -0.755 e. The molecule has 1 aliphatic heterocycles. The first-order valence-corrected chi connectivity index (χ1v) is 7.52. The lowest BCUT2D eigenvalue weighted by Gasteiger charge is -2.22. The molecule has 0 spiro atoms. The van der Waals surface area contributed by atoms with Crippen LogP contribution in [0.1, 0.15) is 16.7 Å². The van der Waals surface area contributed by atoms with E-state index in [-0.39, 0.29) is 0 Å². The number of hydrogen-bond acceptors (Lipinski definition) is 3. The van der Waals surface area contributed by atoms with Crippen molar-refractivity contribution in [3.63, 3.8) is 0 Å². The molecule has 25 heavy (non-hydrogen) atoms. The van der Waals surface area contributed by atoms with Gasteiger partial charge in [-0.15, -0.1) is 0 Å². The maximum atomic E-state index is 11.2. The van der Waals surface area contributed by atoms with E-state index in [1.165, 1.54) is 12.4 Å².